The van der Waals surface area contributed by atoms with Crippen molar-refractivity contribution in [2.24, 2.45) is 11.8 Å². The van der Waals surface area contributed by atoms with Crippen molar-refractivity contribution in [3.05, 3.63) is 52.3 Å². The molecule has 7 heteroatoms. The van der Waals surface area contributed by atoms with E-state index in [1.54, 1.807) is 0 Å². The molecule has 1 saturated heterocycles. The minimum Gasteiger partial charge on any atom is -0.207 e. The maximum Gasteiger partial charge on any atom is 0.246 e. The molecule has 1 heterocycles. The first-order valence-electron chi connectivity index (χ1n) is 7.87. The van der Waals surface area contributed by atoms with Crippen molar-refractivity contribution < 1.29 is 12.8 Å². The maximum absolute atomic E-state index is 13.9. The smallest absolute Gasteiger partial charge is 0.207 e. The Morgan fingerprint density at radius 1 is 1.17 bits per heavy atom. The Hall–Kier alpha value is -0.880. The average molecular weight is 390 g/mol. The normalized spacial score (nSPS) is 23.3. The number of halogens is 3. The first kappa shape index (κ1) is 17.9. The van der Waals surface area contributed by atoms with E-state index in [9.17, 15) is 12.8 Å². The first-order valence-corrected chi connectivity index (χ1v) is 10.1. The Labute approximate surface area is 151 Å². The Balaban J connectivity index is 1.74. The largest absolute Gasteiger partial charge is 0.246 e. The van der Waals surface area contributed by atoms with Crippen LogP contribution in [0.3, 0.4) is 0 Å². The number of hydrogen-bond donors (Lipinski definition) is 0. The van der Waals surface area contributed by atoms with Gasteiger partial charge in [-0.15, -0.1) is 0 Å². The minimum absolute atomic E-state index is 0.160. The Morgan fingerprint density at radius 2 is 1.88 bits per heavy atom. The van der Waals surface area contributed by atoms with E-state index in [1.807, 2.05) is 6.08 Å². The van der Waals surface area contributed by atoms with Gasteiger partial charge in [0, 0.05) is 29.1 Å². The van der Waals surface area contributed by atoms with Crippen molar-refractivity contribution in [2.75, 3.05) is 13.1 Å². The molecule has 1 aliphatic heterocycles. The number of benzene rings is 1. The summed E-state index contributed by atoms with van der Waals surface area (Å²) < 4.78 is 40.6. The highest BCUT2D eigenvalue weighted by molar-refractivity contribution is 7.89. The van der Waals surface area contributed by atoms with Gasteiger partial charge < -0.3 is 0 Å². The van der Waals surface area contributed by atoms with E-state index in [1.165, 1.54) is 16.4 Å². The van der Waals surface area contributed by atoms with Gasteiger partial charge in [-0.25, -0.2) is 12.8 Å². The Morgan fingerprint density at radius 3 is 2.54 bits per heavy atom. The molecule has 0 N–H and O–H groups in total. The molecule has 0 saturated carbocycles. The maximum atomic E-state index is 13.9. The fourth-order valence-electron chi connectivity index (χ4n) is 3.31. The molecule has 0 aromatic heterocycles. The zero-order valence-electron chi connectivity index (χ0n) is 13.0. The van der Waals surface area contributed by atoms with Crippen LogP contribution in [0.25, 0.3) is 0 Å². The highest BCUT2D eigenvalue weighted by Gasteiger charge is 2.34. The van der Waals surface area contributed by atoms with Crippen LogP contribution in [0.5, 0.6) is 0 Å². The molecule has 1 atom stereocenters. The van der Waals surface area contributed by atoms with Crippen LogP contribution in [0.4, 0.5) is 4.39 Å². The Bertz CT molecular complexity index is 784. The lowest BCUT2D eigenvalue weighted by molar-refractivity contribution is 0.247. The summed E-state index contributed by atoms with van der Waals surface area (Å²) in [5, 5.41) is 1.04. The van der Waals surface area contributed by atoms with Crippen LogP contribution in [0, 0.1) is 17.7 Å². The molecule has 24 heavy (non-hydrogen) atoms. The monoisotopic (exact) mass is 389 g/mol. The molecule has 130 valence electrons. The SMILES string of the molecule is O=S(=O)(c1cc(Cl)ccc1F)N1CCC(C2C=CCC=C2Cl)CC1. The van der Waals surface area contributed by atoms with Crippen LogP contribution in [-0.4, -0.2) is 25.8 Å². The van der Waals surface area contributed by atoms with Gasteiger partial charge in [0.05, 0.1) is 0 Å². The van der Waals surface area contributed by atoms with E-state index >= 15 is 0 Å². The number of sulfonamides is 1. The van der Waals surface area contributed by atoms with Gasteiger partial charge in [-0.3, -0.25) is 0 Å². The summed E-state index contributed by atoms with van der Waals surface area (Å²) in [6.07, 6.45) is 8.42. The third-order valence-electron chi connectivity index (χ3n) is 4.63. The summed E-state index contributed by atoms with van der Waals surface area (Å²) in [7, 11) is -3.87. The van der Waals surface area contributed by atoms with Crippen LogP contribution >= 0.6 is 23.2 Å². The lowest BCUT2D eigenvalue weighted by Crippen LogP contribution is -2.40. The lowest BCUT2D eigenvalue weighted by atomic mass is 9.82. The topological polar surface area (TPSA) is 37.4 Å². The van der Waals surface area contributed by atoms with E-state index in [4.69, 9.17) is 23.2 Å². The third-order valence-corrected chi connectivity index (χ3v) is 7.18. The molecule has 0 spiro atoms. The zero-order chi connectivity index (χ0) is 17.3. The van der Waals surface area contributed by atoms with Crippen LogP contribution in [0.15, 0.2) is 46.4 Å². The number of allylic oxidation sites excluding steroid dienone is 4. The molecular weight excluding hydrogens is 372 g/mol. The zero-order valence-corrected chi connectivity index (χ0v) is 15.3. The summed E-state index contributed by atoms with van der Waals surface area (Å²) in [6, 6.07) is 3.59. The van der Waals surface area contributed by atoms with Crippen molar-refractivity contribution in [3.8, 4) is 0 Å². The predicted octanol–water partition coefficient (Wildman–Crippen LogP) is 4.58. The summed E-state index contributed by atoms with van der Waals surface area (Å²) in [6.45, 7) is 0.709. The minimum atomic E-state index is -3.87. The second kappa shape index (κ2) is 7.16. The molecule has 0 radical (unpaired) electrons. The van der Waals surface area contributed by atoms with Gasteiger partial charge in [-0.05, 0) is 43.4 Å². The molecule has 3 nitrogen and oxygen atoms in total. The van der Waals surface area contributed by atoms with E-state index in [2.05, 4.69) is 12.2 Å². The number of hydrogen-bond acceptors (Lipinski definition) is 2. The van der Waals surface area contributed by atoms with E-state index in [0.717, 1.165) is 17.5 Å². The van der Waals surface area contributed by atoms with Gasteiger partial charge in [0.15, 0.2) is 0 Å². The molecule has 3 rings (SSSR count). The third kappa shape index (κ3) is 3.54. The van der Waals surface area contributed by atoms with Gasteiger partial charge >= 0.3 is 0 Å². The Kier molecular flexibility index (Phi) is 5.35. The summed E-state index contributed by atoms with van der Waals surface area (Å²) in [5.41, 5.74) is 0. The van der Waals surface area contributed by atoms with E-state index < -0.39 is 15.8 Å². The second-order valence-corrected chi connectivity index (χ2v) is 8.87. The van der Waals surface area contributed by atoms with E-state index in [-0.39, 0.29) is 15.8 Å². The average Bonchev–Trinajstić information content (AvgIpc) is 2.57. The van der Waals surface area contributed by atoms with Gasteiger partial charge in [0.2, 0.25) is 10.0 Å². The molecule has 1 fully saturated rings. The lowest BCUT2D eigenvalue weighted by Gasteiger charge is -2.35. The molecule has 0 amide bonds. The van der Waals surface area contributed by atoms with Crippen molar-refractivity contribution in [1.82, 2.24) is 4.31 Å². The number of piperidine rings is 1. The van der Waals surface area contributed by atoms with Gasteiger partial charge in [-0.2, -0.15) is 4.31 Å². The van der Waals surface area contributed by atoms with E-state index in [0.29, 0.717) is 31.8 Å². The predicted molar refractivity (Wildman–Crippen MR) is 94.1 cm³/mol. The van der Waals surface area contributed by atoms with Gasteiger partial charge in [0.25, 0.3) is 0 Å². The molecule has 1 unspecified atom stereocenters. The van der Waals surface area contributed by atoms with Crippen molar-refractivity contribution in [3.63, 3.8) is 0 Å². The van der Waals surface area contributed by atoms with Crippen molar-refractivity contribution in [1.29, 1.82) is 0 Å². The fraction of sp³-hybridized carbons (Fsp3) is 0.412. The number of nitrogens with zero attached hydrogens (tertiary/aromatic N) is 1. The van der Waals surface area contributed by atoms with Gasteiger partial charge in [0.1, 0.15) is 10.7 Å². The van der Waals surface area contributed by atoms with Crippen molar-refractivity contribution >= 4 is 33.2 Å². The fourth-order valence-corrected chi connectivity index (χ4v) is 5.44. The van der Waals surface area contributed by atoms with Crippen molar-refractivity contribution in [2.45, 2.75) is 24.2 Å². The van der Waals surface area contributed by atoms with Crippen LogP contribution in [0.2, 0.25) is 5.02 Å². The standard InChI is InChI=1S/C17H18Cl2FNO2S/c18-13-5-6-16(20)17(11-13)24(22,23)21-9-7-12(8-10-21)14-3-1-2-4-15(14)19/h1,3-6,11-12,14H,2,7-10H2. The number of rotatable bonds is 3. The second-order valence-electron chi connectivity index (χ2n) is 6.09. The van der Waals surface area contributed by atoms with Crippen LogP contribution < -0.4 is 0 Å². The molecular formula is C17H18Cl2FNO2S. The quantitative estimate of drug-likeness (QED) is 0.709. The highest BCUT2D eigenvalue weighted by Crippen LogP contribution is 2.36. The molecule has 1 aromatic rings. The van der Waals surface area contributed by atoms with Crippen LogP contribution in [-0.2, 0) is 10.0 Å². The molecule has 0 bridgehead atoms. The molecule has 1 aromatic carbocycles. The van der Waals surface area contributed by atoms with Crippen LogP contribution in [0.1, 0.15) is 19.3 Å². The summed E-state index contributed by atoms with van der Waals surface area (Å²) in [5.74, 6) is -0.308. The first-order chi connectivity index (χ1) is 11.4. The highest BCUT2D eigenvalue weighted by atomic mass is 35.5. The summed E-state index contributed by atoms with van der Waals surface area (Å²) in [4.78, 5) is -0.357. The van der Waals surface area contributed by atoms with Gasteiger partial charge in [-0.1, -0.05) is 41.4 Å². The summed E-state index contributed by atoms with van der Waals surface area (Å²) >= 11 is 12.1. The molecule has 2 aliphatic rings. The molecule has 1 aliphatic carbocycles.